The molecular weight excluding hydrogens is 456 g/mol. The highest BCUT2D eigenvalue weighted by molar-refractivity contribution is 6.34. The number of anilines is 2. The second-order valence-electron chi connectivity index (χ2n) is 8.27. The minimum absolute atomic E-state index is 0.132. The summed E-state index contributed by atoms with van der Waals surface area (Å²) in [6, 6.07) is 27.9. The fraction of sp³-hybridized carbons (Fsp3) is 0.0690. The molecule has 1 heterocycles. The molecule has 0 atom stereocenters. The van der Waals surface area contributed by atoms with Gasteiger partial charge in [0.25, 0.3) is 17.7 Å². The van der Waals surface area contributed by atoms with Crippen LogP contribution in [-0.4, -0.2) is 24.3 Å². The maximum absolute atomic E-state index is 13.0. The number of fused-ring (bicyclic) bond motifs is 1. The topological polar surface area (TPSA) is 84.9 Å². The van der Waals surface area contributed by atoms with Gasteiger partial charge in [-0.05, 0) is 61.5 Å². The van der Waals surface area contributed by atoms with E-state index in [4.69, 9.17) is 9.47 Å². The summed E-state index contributed by atoms with van der Waals surface area (Å²) in [6.45, 7) is 1.85. The van der Waals surface area contributed by atoms with E-state index in [1.807, 2.05) is 37.3 Å². The Morgan fingerprint density at radius 2 is 1.44 bits per heavy atom. The van der Waals surface area contributed by atoms with Crippen molar-refractivity contribution in [2.24, 2.45) is 0 Å². The summed E-state index contributed by atoms with van der Waals surface area (Å²) < 4.78 is 11.4. The van der Waals surface area contributed by atoms with Gasteiger partial charge in [-0.1, -0.05) is 42.0 Å². The third-order valence-electron chi connectivity index (χ3n) is 5.62. The molecule has 0 aromatic heterocycles. The molecule has 0 spiro atoms. The molecule has 0 fully saturated rings. The molecule has 36 heavy (non-hydrogen) atoms. The third kappa shape index (κ3) is 4.81. The summed E-state index contributed by atoms with van der Waals surface area (Å²) in [5, 5.41) is 2.78. The second-order valence-corrected chi connectivity index (χ2v) is 8.27. The van der Waals surface area contributed by atoms with Crippen LogP contribution in [0, 0.1) is 6.92 Å². The van der Waals surface area contributed by atoms with Gasteiger partial charge < -0.3 is 14.8 Å². The summed E-state index contributed by atoms with van der Waals surface area (Å²) in [5.41, 5.74) is 2.76. The van der Waals surface area contributed by atoms with Gasteiger partial charge >= 0.3 is 0 Å². The Labute approximate surface area is 207 Å². The number of nitrogens with one attached hydrogen (secondary N) is 1. The highest BCUT2D eigenvalue weighted by atomic mass is 16.5. The SMILES string of the molecule is Cc1ccc(OCC(=O)Nc2cccc(Oc3ccc4c(c3)C(=O)N(c3ccccc3)C4=O)c2)cc1. The maximum Gasteiger partial charge on any atom is 0.266 e. The van der Waals surface area contributed by atoms with Crippen LogP contribution in [0.25, 0.3) is 0 Å². The van der Waals surface area contributed by atoms with Gasteiger partial charge in [0.2, 0.25) is 0 Å². The molecule has 0 saturated heterocycles. The van der Waals surface area contributed by atoms with Gasteiger partial charge in [-0.2, -0.15) is 0 Å². The van der Waals surface area contributed by atoms with E-state index in [2.05, 4.69) is 5.32 Å². The molecule has 4 aromatic carbocycles. The molecule has 1 N–H and O–H groups in total. The number of benzene rings is 4. The van der Waals surface area contributed by atoms with E-state index in [-0.39, 0.29) is 24.0 Å². The van der Waals surface area contributed by atoms with Crippen molar-refractivity contribution in [1.29, 1.82) is 0 Å². The maximum atomic E-state index is 13.0. The van der Waals surface area contributed by atoms with E-state index in [9.17, 15) is 14.4 Å². The number of ether oxygens (including phenoxy) is 2. The number of nitrogens with zero attached hydrogens (tertiary/aromatic N) is 1. The number of carbonyl (C=O) groups excluding carboxylic acids is 3. The van der Waals surface area contributed by atoms with E-state index < -0.39 is 5.91 Å². The quantitative estimate of drug-likeness (QED) is 0.349. The lowest BCUT2D eigenvalue weighted by Crippen LogP contribution is -2.29. The van der Waals surface area contributed by atoms with E-state index in [0.29, 0.717) is 34.2 Å². The van der Waals surface area contributed by atoms with Crippen molar-refractivity contribution in [3.05, 3.63) is 114 Å². The number of amides is 3. The molecule has 4 aromatic rings. The number of hydrogen-bond acceptors (Lipinski definition) is 5. The molecule has 0 unspecified atom stereocenters. The second kappa shape index (κ2) is 9.76. The highest BCUT2D eigenvalue weighted by Crippen LogP contribution is 2.32. The molecular formula is C29H22N2O5. The minimum atomic E-state index is -0.402. The van der Waals surface area contributed by atoms with Crippen molar-refractivity contribution in [2.75, 3.05) is 16.8 Å². The average molecular weight is 479 g/mol. The van der Waals surface area contributed by atoms with E-state index in [0.717, 1.165) is 10.5 Å². The van der Waals surface area contributed by atoms with Gasteiger partial charge in [0, 0.05) is 11.8 Å². The van der Waals surface area contributed by atoms with Crippen LogP contribution in [0.5, 0.6) is 17.2 Å². The highest BCUT2D eigenvalue weighted by Gasteiger charge is 2.36. The van der Waals surface area contributed by atoms with Crippen molar-refractivity contribution in [3.63, 3.8) is 0 Å². The fourth-order valence-corrected chi connectivity index (χ4v) is 3.85. The molecule has 0 saturated carbocycles. The van der Waals surface area contributed by atoms with Crippen LogP contribution in [0.3, 0.4) is 0 Å². The zero-order valence-electron chi connectivity index (χ0n) is 19.4. The van der Waals surface area contributed by atoms with Crippen LogP contribution >= 0.6 is 0 Å². The molecule has 5 rings (SSSR count). The number of para-hydroxylation sites is 1. The number of rotatable bonds is 7. The van der Waals surface area contributed by atoms with Crippen LogP contribution in [0.1, 0.15) is 26.3 Å². The van der Waals surface area contributed by atoms with Gasteiger partial charge in [0.1, 0.15) is 17.2 Å². The van der Waals surface area contributed by atoms with Crippen LogP contribution in [0.15, 0.2) is 97.1 Å². The Kier molecular flexibility index (Phi) is 6.19. The Morgan fingerprint density at radius 1 is 0.750 bits per heavy atom. The summed E-state index contributed by atoms with van der Waals surface area (Å²) >= 11 is 0. The first-order valence-electron chi connectivity index (χ1n) is 11.3. The van der Waals surface area contributed by atoms with Crippen molar-refractivity contribution < 1.29 is 23.9 Å². The molecule has 1 aliphatic heterocycles. The lowest BCUT2D eigenvalue weighted by molar-refractivity contribution is -0.118. The Balaban J connectivity index is 1.25. The van der Waals surface area contributed by atoms with Crippen LogP contribution in [0.2, 0.25) is 0 Å². The van der Waals surface area contributed by atoms with Gasteiger partial charge in [0.05, 0.1) is 16.8 Å². The van der Waals surface area contributed by atoms with Crippen molar-refractivity contribution >= 4 is 29.1 Å². The van der Waals surface area contributed by atoms with Crippen LogP contribution in [0.4, 0.5) is 11.4 Å². The molecule has 0 aliphatic carbocycles. The first kappa shape index (κ1) is 22.9. The van der Waals surface area contributed by atoms with Gasteiger partial charge in [0.15, 0.2) is 6.61 Å². The van der Waals surface area contributed by atoms with Crippen molar-refractivity contribution in [2.45, 2.75) is 6.92 Å². The monoisotopic (exact) mass is 478 g/mol. The van der Waals surface area contributed by atoms with Crippen LogP contribution in [-0.2, 0) is 4.79 Å². The van der Waals surface area contributed by atoms with E-state index in [1.165, 1.54) is 0 Å². The number of imide groups is 1. The predicted molar refractivity (Wildman–Crippen MR) is 136 cm³/mol. The molecule has 7 heteroatoms. The van der Waals surface area contributed by atoms with Gasteiger partial charge in [-0.25, -0.2) is 4.90 Å². The molecule has 3 amide bonds. The molecule has 7 nitrogen and oxygen atoms in total. The summed E-state index contributed by atoms with van der Waals surface area (Å²) in [5.74, 6) is 0.394. The number of hydrogen-bond donors (Lipinski definition) is 1. The fourth-order valence-electron chi connectivity index (χ4n) is 3.85. The van der Waals surface area contributed by atoms with Gasteiger partial charge in [-0.3, -0.25) is 14.4 Å². The molecule has 178 valence electrons. The predicted octanol–water partition coefficient (Wildman–Crippen LogP) is 5.61. The first-order valence-corrected chi connectivity index (χ1v) is 11.3. The van der Waals surface area contributed by atoms with E-state index >= 15 is 0 Å². The smallest absolute Gasteiger partial charge is 0.266 e. The lowest BCUT2D eigenvalue weighted by atomic mass is 10.1. The van der Waals surface area contributed by atoms with Crippen LogP contribution < -0.4 is 19.7 Å². The molecule has 1 aliphatic rings. The molecule has 0 radical (unpaired) electrons. The Bertz CT molecular complexity index is 1450. The summed E-state index contributed by atoms with van der Waals surface area (Å²) in [7, 11) is 0. The zero-order valence-corrected chi connectivity index (χ0v) is 19.4. The average Bonchev–Trinajstić information content (AvgIpc) is 3.13. The van der Waals surface area contributed by atoms with Crippen molar-refractivity contribution in [1.82, 2.24) is 0 Å². The van der Waals surface area contributed by atoms with E-state index in [1.54, 1.807) is 66.7 Å². The first-order chi connectivity index (χ1) is 17.5. The van der Waals surface area contributed by atoms with Crippen molar-refractivity contribution in [3.8, 4) is 17.2 Å². The summed E-state index contributed by atoms with van der Waals surface area (Å²) in [6.07, 6.45) is 0. The summed E-state index contributed by atoms with van der Waals surface area (Å²) in [4.78, 5) is 39.2. The van der Waals surface area contributed by atoms with Gasteiger partial charge in [-0.15, -0.1) is 0 Å². The number of carbonyl (C=O) groups is 3. The normalized spacial score (nSPS) is 12.3. The Morgan fingerprint density at radius 3 is 2.22 bits per heavy atom. The third-order valence-corrected chi connectivity index (χ3v) is 5.62. The zero-order chi connectivity index (χ0) is 25.1. The Hall–Kier alpha value is -4.91. The largest absolute Gasteiger partial charge is 0.484 e. The number of aryl methyl sites for hydroxylation is 1. The molecule has 0 bridgehead atoms. The lowest BCUT2D eigenvalue weighted by Gasteiger charge is -2.13. The standard InChI is InChI=1S/C29H22N2O5/c1-19-10-12-22(13-11-19)35-18-27(32)30-20-6-5-9-23(16-20)36-24-14-15-25-26(17-24)29(34)31(28(25)33)21-7-3-2-4-8-21/h2-17H,18H2,1H3,(H,30,32). The minimum Gasteiger partial charge on any atom is -0.484 e.